The van der Waals surface area contributed by atoms with Crippen LogP contribution in [0.4, 0.5) is 5.82 Å². The van der Waals surface area contributed by atoms with Crippen LogP contribution in [-0.4, -0.2) is 10.9 Å². The Morgan fingerprint density at radius 2 is 2.31 bits per heavy atom. The van der Waals surface area contributed by atoms with E-state index in [2.05, 4.69) is 17.2 Å². The van der Waals surface area contributed by atoms with E-state index in [0.717, 1.165) is 18.5 Å². The molecule has 4 nitrogen and oxygen atoms in total. The van der Waals surface area contributed by atoms with Crippen LogP contribution in [0, 0.1) is 5.92 Å². The topological polar surface area (TPSA) is 68.0 Å². The number of carbonyl (C=O) groups is 1. The number of pyridine rings is 1. The summed E-state index contributed by atoms with van der Waals surface area (Å²) >= 11 is 0. The highest BCUT2D eigenvalue weighted by molar-refractivity contribution is 5.78. The maximum Gasteiger partial charge on any atom is 0.223 e. The van der Waals surface area contributed by atoms with Crippen LogP contribution in [0.15, 0.2) is 18.2 Å². The Balaban J connectivity index is 2.42. The van der Waals surface area contributed by atoms with E-state index in [-0.39, 0.29) is 11.8 Å². The van der Waals surface area contributed by atoms with E-state index >= 15 is 0 Å². The van der Waals surface area contributed by atoms with Crippen LogP contribution in [0.3, 0.4) is 0 Å². The summed E-state index contributed by atoms with van der Waals surface area (Å²) in [5, 5.41) is 2.85. The fourth-order valence-corrected chi connectivity index (χ4v) is 1.51. The molecule has 0 aromatic carbocycles. The number of amides is 1. The highest BCUT2D eigenvalue weighted by Crippen LogP contribution is 2.05. The van der Waals surface area contributed by atoms with Crippen molar-refractivity contribution < 1.29 is 4.79 Å². The summed E-state index contributed by atoms with van der Waals surface area (Å²) in [6.45, 7) is 4.45. The normalized spacial score (nSPS) is 12.1. The maximum absolute atomic E-state index is 11.6. The number of anilines is 1. The minimum atomic E-state index is 0.0612. The summed E-state index contributed by atoms with van der Waals surface area (Å²) in [4.78, 5) is 15.7. The number of nitrogen functional groups attached to an aromatic ring is 1. The second-order valence-electron chi connectivity index (χ2n) is 3.96. The quantitative estimate of drug-likeness (QED) is 0.795. The predicted molar refractivity (Wildman–Crippen MR) is 64.6 cm³/mol. The van der Waals surface area contributed by atoms with E-state index < -0.39 is 0 Å². The number of nitrogens with one attached hydrogen (secondary N) is 1. The number of aromatic nitrogens is 1. The summed E-state index contributed by atoms with van der Waals surface area (Å²) in [7, 11) is 0. The molecule has 1 amide bonds. The second kappa shape index (κ2) is 6.10. The Labute approximate surface area is 96.3 Å². The highest BCUT2D eigenvalue weighted by Gasteiger charge is 2.10. The molecular weight excluding hydrogens is 202 g/mol. The molecular formula is C12H19N3O. The highest BCUT2D eigenvalue weighted by atomic mass is 16.1. The first-order valence-corrected chi connectivity index (χ1v) is 5.62. The Bertz CT molecular complexity index is 352. The molecule has 0 bridgehead atoms. The van der Waals surface area contributed by atoms with Gasteiger partial charge in [-0.25, -0.2) is 4.98 Å². The van der Waals surface area contributed by atoms with Gasteiger partial charge in [-0.3, -0.25) is 4.79 Å². The Morgan fingerprint density at radius 1 is 1.56 bits per heavy atom. The van der Waals surface area contributed by atoms with E-state index in [1.807, 2.05) is 19.1 Å². The summed E-state index contributed by atoms with van der Waals surface area (Å²) < 4.78 is 0. The third kappa shape index (κ3) is 3.88. The minimum absolute atomic E-state index is 0.0612. The van der Waals surface area contributed by atoms with Crippen molar-refractivity contribution in [3.63, 3.8) is 0 Å². The van der Waals surface area contributed by atoms with Crippen molar-refractivity contribution in [3.05, 3.63) is 23.9 Å². The SMILES string of the molecule is CCCC(C)C(=O)NCc1cccc(N)n1. The molecule has 16 heavy (non-hydrogen) atoms. The van der Waals surface area contributed by atoms with Gasteiger partial charge in [0.05, 0.1) is 12.2 Å². The molecule has 1 unspecified atom stereocenters. The Hall–Kier alpha value is -1.58. The Kier molecular flexibility index (Phi) is 4.76. The molecule has 88 valence electrons. The van der Waals surface area contributed by atoms with Crippen LogP contribution >= 0.6 is 0 Å². The van der Waals surface area contributed by atoms with Crippen LogP contribution in [-0.2, 0) is 11.3 Å². The molecule has 1 aromatic rings. The molecule has 0 saturated heterocycles. The number of carbonyl (C=O) groups excluding carboxylic acids is 1. The fourth-order valence-electron chi connectivity index (χ4n) is 1.51. The number of hydrogen-bond acceptors (Lipinski definition) is 3. The summed E-state index contributed by atoms with van der Waals surface area (Å²) in [6, 6.07) is 5.41. The number of nitrogens with two attached hydrogens (primary N) is 1. The lowest BCUT2D eigenvalue weighted by Crippen LogP contribution is -2.29. The molecule has 0 aliphatic carbocycles. The van der Waals surface area contributed by atoms with Gasteiger partial charge in [0.1, 0.15) is 5.82 Å². The van der Waals surface area contributed by atoms with Crippen LogP contribution < -0.4 is 11.1 Å². The van der Waals surface area contributed by atoms with Crippen molar-refractivity contribution in [2.75, 3.05) is 5.73 Å². The van der Waals surface area contributed by atoms with Gasteiger partial charge in [0, 0.05) is 5.92 Å². The van der Waals surface area contributed by atoms with Crippen molar-refractivity contribution in [2.45, 2.75) is 33.2 Å². The largest absolute Gasteiger partial charge is 0.384 e. The van der Waals surface area contributed by atoms with Crippen LogP contribution in [0.2, 0.25) is 0 Å². The zero-order valence-corrected chi connectivity index (χ0v) is 9.86. The van der Waals surface area contributed by atoms with Crippen molar-refractivity contribution in [2.24, 2.45) is 5.92 Å². The molecule has 1 rings (SSSR count). The van der Waals surface area contributed by atoms with Gasteiger partial charge in [0.15, 0.2) is 0 Å². The molecule has 0 fully saturated rings. The van der Waals surface area contributed by atoms with Gasteiger partial charge in [0.25, 0.3) is 0 Å². The molecule has 1 atom stereocenters. The first-order chi connectivity index (χ1) is 7.63. The lowest BCUT2D eigenvalue weighted by Gasteiger charge is -2.10. The van der Waals surface area contributed by atoms with Gasteiger partial charge >= 0.3 is 0 Å². The van der Waals surface area contributed by atoms with E-state index in [0.29, 0.717) is 12.4 Å². The molecule has 0 radical (unpaired) electrons. The molecule has 1 heterocycles. The molecule has 0 spiro atoms. The smallest absolute Gasteiger partial charge is 0.223 e. The zero-order chi connectivity index (χ0) is 12.0. The van der Waals surface area contributed by atoms with E-state index in [1.54, 1.807) is 6.07 Å². The molecule has 1 aromatic heterocycles. The first-order valence-electron chi connectivity index (χ1n) is 5.62. The van der Waals surface area contributed by atoms with Gasteiger partial charge in [-0.05, 0) is 18.6 Å². The van der Waals surface area contributed by atoms with Crippen LogP contribution in [0.5, 0.6) is 0 Å². The third-order valence-electron chi connectivity index (χ3n) is 2.44. The Morgan fingerprint density at radius 3 is 2.94 bits per heavy atom. The van der Waals surface area contributed by atoms with Crippen molar-refractivity contribution in [1.82, 2.24) is 10.3 Å². The number of nitrogens with zero attached hydrogens (tertiary/aromatic N) is 1. The summed E-state index contributed by atoms with van der Waals surface area (Å²) in [5.41, 5.74) is 6.34. The lowest BCUT2D eigenvalue weighted by atomic mass is 10.1. The fraction of sp³-hybridized carbons (Fsp3) is 0.500. The van der Waals surface area contributed by atoms with Crippen molar-refractivity contribution >= 4 is 11.7 Å². The summed E-state index contributed by atoms with van der Waals surface area (Å²) in [6.07, 6.45) is 1.93. The number of hydrogen-bond donors (Lipinski definition) is 2. The lowest BCUT2D eigenvalue weighted by molar-refractivity contribution is -0.124. The monoisotopic (exact) mass is 221 g/mol. The maximum atomic E-state index is 11.6. The van der Waals surface area contributed by atoms with Gasteiger partial charge in [-0.1, -0.05) is 26.3 Å². The van der Waals surface area contributed by atoms with Gasteiger partial charge in [0.2, 0.25) is 5.91 Å². The summed E-state index contributed by atoms with van der Waals surface area (Å²) in [5.74, 6) is 0.616. The first kappa shape index (κ1) is 12.5. The molecule has 0 saturated carbocycles. The molecule has 4 heteroatoms. The third-order valence-corrected chi connectivity index (χ3v) is 2.44. The average Bonchev–Trinajstić information content (AvgIpc) is 2.26. The van der Waals surface area contributed by atoms with Crippen molar-refractivity contribution in [1.29, 1.82) is 0 Å². The van der Waals surface area contributed by atoms with Gasteiger partial charge in [-0.15, -0.1) is 0 Å². The van der Waals surface area contributed by atoms with Crippen LogP contribution in [0.25, 0.3) is 0 Å². The molecule has 0 aliphatic rings. The van der Waals surface area contributed by atoms with E-state index in [4.69, 9.17) is 5.73 Å². The van der Waals surface area contributed by atoms with Crippen molar-refractivity contribution in [3.8, 4) is 0 Å². The second-order valence-corrected chi connectivity index (χ2v) is 3.96. The average molecular weight is 221 g/mol. The van der Waals surface area contributed by atoms with E-state index in [9.17, 15) is 4.79 Å². The standard InChI is InChI=1S/C12H19N3O/c1-3-5-9(2)12(16)14-8-10-6-4-7-11(13)15-10/h4,6-7,9H,3,5,8H2,1-2H3,(H2,13,15)(H,14,16). The predicted octanol–water partition coefficient (Wildman–Crippen LogP) is 1.72. The molecule has 0 aliphatic heterocycles. The zero-order valence-electron chi connectivity index (χ0n) is 9.86. The minimum Gasteiger partial charge on any atom is -0.384 e. The van der Waals surface area contributed by atoms with Gasteiger partial charge in [-0.2, -0.15) is 0 Å². The number of rotatable bonds is 5. The van der Waals surface area contributed by atoms with Gasteiger partial charge < -0.3 is 11.1 Å². The van der Waals surface area contributed by atoms with Crippen LogP contribution in [0.1, 0.15) is 32.4 Å². The van der Waals surface area contributed by atoms with E-state index in [1.165, 1.54) is 0 Å². The molecule has 3 N–H and O–H groups in total.